The molecule has 120 valence electrons. The minimum Gasteiger partial charge on any atom is -0.317 e. The summed E-state index contributed by atoms with van der Waals surface area (Å²) in [5.41, 5.74) is 1.13. The standard InChI is InChI=1S/C14H20N4O2S2/c1-2-15-10-11-6-8-18(9-7-11)22(19,20)13-5-3-4-12-14(13)17-21-16-12/h3-5,11,15H,2,6-10H2,1H3. The van der Waals surface area contributed by atoms with E-state index >= 15 is 0 Å². The molecule has 8 heteroatoms. The highest BCUT2D eigenvalue weighted by atomic mass is 32.2. The van der Waals surface area contributed by atoms with Gasteiger partial charge in [-0.05, 0) is 44.0 Å². The molecule has 22 heavy (non-hydrogen) atoms. The molecule has 0 amide bonds. The van der Waals surface area contributed by atoms with Crippen LogP contribution in [-0.2, 0) is 10.0 Å². The Morgan fingerprint density at radius 2 is 2.09 bits per heavy atom. The van der Waals surface area contributed by atoms with Gasteiger partial charge in [-0.3, -0.25) is 0 Å². The first-order valence-electron chi connectivity index (χ1n) is 7.55. The van der Waals surface area contributed by atoms with Crippen LogP contribution in [0.5, 0.6) is 0 Å². The molecule has 2 aromatic rings. The lowest BCUT2D eigenvalue weighted by Crippen LogP contribution is -2.40. The molecule has 1 aromatic heterocycles. The SMILES string of the molecule is CCNCC1CCN(S(=O)(=O)c2cccc3nsnc23)CC1. The Labute approximate surface area is 134 Å². The number of fused-ring (bicyclic) bond motifs is 1. The van der Waals surface area contributed by atoms with E-state index in [1.54, 1.807) is 22.5 Å². The Morgan fingerprint density at radius 3 is 2.82 bits per heavy atom. The summed E-state index contributed by atoms with van der Waals surface area (Å²) in [7, 11) is -3.49. The summed E-state index contributed by atoms with van der Waals surface area (Å²) in [5.74, 6) is 0.558. The fourth-order valence-electron chi connectivity index (χ4n) is 2.83. The first kappa shape index (κ1) is 15.8. The largest absolute Gasteiger partial charge is 0.317 e. The maximum Gasteiger partial charge on any atom is 0.245 e. The molecule has 3 rings (SSSR count). The second kappa shape index (κ2) is 6.57. The zero-order valence-corrected chi connectivity index (χ0v) is 14.2. The van der Waals surface area contributed by atoms with Crippen molar-refractivity contribution >= 4 is 32.8 Å². The van der Waals surface area contributed by atoms with Crippen LogP contribution in [0.25, 0.3) is 11.0 Å². The van der Waals surface area contributed by atoms with E-state index < -0.39 is 10.0 Å². The molecule has 0 bridgehead atoms. The van der Waals surface area contributed by atoms with Gasteiger partial charge in [0.05, 0.1) is 11.7 Å². The van der Waals surface area contributed by atoms with Crippen molar-refractivity contribution in [1.82, 2.24) is 18.4 Å². The fourth-order valence-corrected chi connectivity index (χ4v) is 5.05. The number of rotatable bonds is 5. The molecule has 1 fully saturated rings. The highest BCUT2D eigenvalue weighted by Crippen LogP contribution is 2.27. The summed E-state index contributed by atoms with van der Waals surface area (Å²) in [6.45, 7) is 5.16. The number of aromatic nitrogens is 2. The van der Waals surface area contributed by atoms with E-state index in [1.165, 1.54) is 0 Å². The number of sulfonamides is 1. The molecule has 0 aliphatic carbocycles. The summed E-state index contributed by atoms with van der Waals surface area (Å²) >= 11 is 1.05. The fraction of sp³-hybridized carbons (Fsp3) is 0.571. The number of benzene rings is 1. The third kappa shape index (κ3) is 3.01. The van der Waals surface area contributed by atoms with Crippen LogP contribution in [0.4, 0.5) is 0 Å². The van der Waals surface area contributed by atoms with E-state index in [4.69, 9.17) is 0 Å². The second-order valence-corrected chi connectivity index (χ2v) is 7.98. The van der Waals surface area contributed by atoms with Crippen molar-refractivity contribution in [1.29, 1.82) is 0 Å². The molecule has 1 aliphatic heterocycles. The summed E-state index contributed by atoms with van der Waals surface area (Å²) in [4.78, 5) is 0.281. The Balaban J connectivity index is 1.78. The number of piperidine rings is 1. The van der Waals surface area contributed by atoms with E-state index in [0.29, 0.717) is 30.0 Å². The number of hydrogen-bond acceptors (Lipinski definition) is 6. The van der Waals surface area contributed by atoms with E-state index in [0.717, 1.165) is 37.7 Å². The van der Waals surface area contributed by atoms with Gasteiger partial charge in [0.25, 0.3) is 0 Å². The van der Waals surface area contributed by atoms with Gasteiger partial charge in [-0.2, -0.15) is 13.1 Å². The highest BCUT2D eigenvalue weighted by Gasteiger charge is 2.31. The van der Waals surface area contributed by atoms with E-state index in [9.17, 15) is 8.42 Å². The van der Waals surface area contributed by atoms with Gasteiger partial charge in [0.1, 0.15) is 15.9 Å². The number of nitrogens with one attached hydrogen (secondary N) is 1. The predicted octanol–water partition coefficient (Wildman–Crippen LogP) is 1.70. The Kier molecular flexibility index (Phi) is 4.72. The summed E-state index contributed by atoms with van der Waals surface area (Å²) < 4.78 is 35.6. The van der Waals surface area contributed by atoms with Crippen molar-refractivity contribution < 1.29 is 8.42 Å². The molecular weight excluding hydrogens is 320 g/mol. The highest BCUT2D eigenvalue weighted by molar-refractivity contribution is 7.89. The first-order valence-corrected chi connectivity index (χ1v) is 9.72. The molecule has 0 spiro atoms. The van der Waals surface area contributed by atoms with Crippen LogP contribution in [-0.4, -0.2) is 47.6 Å². The number of nitrogens with zero attached hydrogens (tertiary/aromatic N) is 3. The zero-order valence-electron chi connectivity index (χ0n) is 12.5. The molecule has 1 aliphatic rings. The van der Waals surface area contributed by atoms with E-state index in [1.807, 2.05) is 0 Å². The van der Waals surface area contributed by atoms with Gasteiger partial charge < -0.3 is 5.32 Å². The quantitative estimate of drug-likeness (QED) is 0.897. The average Bonchev–Trinajstić information content (AvgIpc) is 3.01. The molecule has 0 radical (unpaired) electrons. The summed E-state index contributed by atoms with van der Waals surface area (Å²) in [6, 6.07) is 5.15. The lowest BCUT2D eigenvalue weighted by molar-refractivity contribution is 0.268. The Morgan fingerprint density at radius 1 is 1.32 bits per heavy atom. The topological polar surface area (TPSA) is 75.2 Å². The molecule has 0 unspecified atom stereocenters. The van der Waals surface area contributed by atoms with Crippen molar-refractivity contribution in [3.05, 3.63) is 18.2 Å². The van der Waals surface area contributed by atoms with Crippen LogP contribution in [0, 0.1) is 5.92 Å². The monoisotopic (exact) mass is 340 g/mol. The smallest absolute Gasteiger partial charge is 0.245 e. The molecule has 0 atom stereocenters. The molecule has 1 N–H and O–H groups in total. The van der Waals surface area contributed by atoms with Gasteiger partial charge in [-0.25, -0.2) is 8.42 Å². The minimum atomic E-state index is -3.49. The Hall–Kier alpha value is -1.09. The van der Waals surface area contributed by atoms with Crippen molar-refractivity contribution in [2.24, 2.45) is 5.92 Å². The van der Waals surface area contributed by atoms with Gasteiger partial charge in [0, 0.05) is 13.1 Å². The molecule has 6 nitrogen and oxygen atoms in total. The number of hydrogen-bond donors (Lipinski definition) is 1. The van der Waals surface area contributed by atoms with Gasteiger partial charge >= 0.3 is 0 Å². The predicted molar refractivity (Wildman–Crippen MR) is 87.4 cm³/mol. The molecule has 0 saturated carbocycles. The van der Waals surface area contributed by atoms with Gasteiger partial charge in [-0.1, -0.05) is 13.0 Å². The van der Waals surface area contributed by atoms with E-state index in [-0.39, 0.29) is 4.90 Å². The van der Waals surface area contributed by atoms with Crippen LogP contribution < -0.4 is 5.32 Å². The molecular formula is C14H20N4O2S2. The van der Waals surface area contributed by atoms with Crippen LogP contribution in [0.1, 0.15) is 19.8 Å². The third-order valence-corrected chi connectivity index (χ3v) is 6.60. The first-order chi connectivity index (χ1) is 10.6. The molecule has 1 aromatic carbocycles. The van der Waals surface area contributed by atoms with Crippen LogP contribution >= 0.6 is 11.7 Å². The van der Waals surface area contributed by atoms with Crippen molar-refractivity contribution in [3.8, 4) is 0 Å². The zero-order chi connectivity index (χ0) is 15.6. The van der Waals surface area contributed by atoms with Crippen LogP contribution in [0.15, 0.2) is 23.1 Å². The minimum absolute atomic E-state index is 0.281. The average molecular weight is 340 g/mol. The maximum atomic E-state index is 12.9. The van der Waals surface area contributed by atoms with Crippen molar-refractivity contribution in [3.63, 3.8) is 0 Å². The normalized spacial score (nSPS) is 18.0. The lowest BCUT2D eigenvalue weighted by Gasteiger charge is -2.31. The second-order valence-electron chi connectivity index (χ2n) is 5.54. The van der Waals surface area contributed by atoms with Crippen molar-refractivity contribution in [2.75, 3.05) is 26.2 Å². The summed E-state index contributed by atoms with van der Waals surface area (Å²) in [6.07, 6.45) is 1.80. The van der Waals surface area contributed by atoms with Gasteiger partial charge in [-0.15, -0.1) is 0 Å². The van der Waals surface area contributed by atoms with Crippen molar-refractivity contribution in [2.45, 2.75) is 24.7 Å². The summed E-state index contributed by atoms with van der Waals surface area (Å²) in [5, 5.41) is 3.34. The molecule has 2 heterocycles. The molecule has 1 saturated heterocycles. The van der Waals surface area contributed by atoms with E-state index in [2.05, 4.69) is 21.0 Å². The van der Waals surface area contributed by atoms with Crippen LogP contribution in [0.3, 0.4) is 0 Å². The maximum absolute atomic E-state index is 12.9. The van der Waals surface area contributed by atoms with Gasteiger partial charge in [0.2, 0.25) is 10.0 Å². The third-order valence-electron chi connectivity index (χ3n) is 4.12. The lowest BCUT2D eigenvalue weighted by atomic mass is 9.98. The Bertz CT molecular complexity index is 736. The van der Waals surface area contributed by atoms with Crippen LogP contribution in [0.2, 0.25) is 0 Å². The van der Waals surface area contributed by atoms with Gasteiger partial charge in [0.15, 0.2) is 0 Å².